The maximum Gasteiger partial charge on any atom is 0.309 e. The van der Waals surface area contributed by atoms with Crippen LogP contribution in [0.4, 0.5) is 10.1 Å². The molecule has 0 fully saturated rings. The average molecular weight is 400 g/mol. The Morgan fingerprint density at radius 1 is 1.10 bits per heavy atom. The molecule has 0 aliphatic carbocycles. The van der Waals surface area contributed by atoms with Gasteiger partial charge in [0.15, 0.2) is 6.61 Å². The summed E-state index contributed by atoms with van der Waals surface area (Å²) in [4.78, 5) is 25.3. The first-order chi connectivity index (χ1) is 14.0. The van der Waals surface area contributed by atoms with Gasteiger partial charge in [0.05, 0.1) is 38.3 Å². The number of carbonyl (C=O) groups excluding carboxylic acids is 2. The quantitative estimate of drug-likeness (QED) is 0.570. The number of nitrogens with zero attached hydrogens (tertiary/aromatic N) is 2. The molecule has 8 heteroatoms. The van der Waals surface area contributed by atoms with Gasteiger partial charge in [-0.1, -0.05) is 12.1 Å². The van der Waals surface area contributed by atoms with E-state index in [1.807, 2.05) is 6.07 Å². The zero-order chi connectivity index (χ0) is 21.1. The van der Waals surface area contributed by atoms with Gasteiger partial charge in [-0.15, -0.1) is 0 Å². The third kappa shape index (κ3) is 6.81. The minimum atomic E-state index is -0.624. The molecule has 0 spiro atoms. The number of amides is 1. The maximum atomic E-state index is 14.0. The van der Waals surface area contributed by atoms with Crippen molar-refractivity contribution in [3.63, 3.8) is 0 Å². The molecule has 0 bridgehead atoms. The van der Waals surface area contributed by atoms with E-state index >= 15 is 0 Å². The number of rotatable bonds is 10. The number of nitriles is 1. The van der Waals surface area contributed by atoms with Crippen LogP contribution in [0.5, 0.6) is 11.5 Å². The van der Waals surface area contributed by atoms with Crippen molar-refractivity contribution in [2.24, 2.45) is 0 Å². The molecule has 0 aliphatic rings. The molecule has 29 heavy (non-hydrogen) atoms. The van der Waals surface area contributed by atoms with Crippen molar-refractivity contribution in [2.45, 2.75) is 12.8 Å². The number of methoxy groups -OCH3 is 1. The molecule has 0 N–H and O–H groups in total. The van der Waals surface area contributed by atoms with Crippen molar-refractivity contribution in [3.05, 3.63) is 54.3 Å². The summed E-state index contributed by atoms with van der Waals surface area (Å²) in [6.07, 6.45) is -0.0407. The number of carbonyl (C=O) groups is 2. The number of halogens is 1. The van der Waals surface area contributed by atoms with Gasteiger partial charge in [0.2, 0.25) is 0 Å². The van der Waals surface area contributed by atoms with E-state index in [9.17, 15) is 14.0 Å². The largest absolute Gasteiger partial charge is 0.497 e. The van der Waals surface area contributed by atoms with Crippen molar-refractivity contribution < 1.29 is 28.2 Å². The van der Waals surface area contributed by atoms with Crippen molar-refractivity contribution in [3.8, 4) is 17.6 Å². The third-order valence-corrected chi connectivity index (χ3v) is 3.88. The smallest absolute Gasteiger partial charge is 0.309 e. The number of hydrogen-bond donors (Lipinski definition) is 0. The van der Waals surface area contributed by atoms with Crippen molar-refractivity contribution in [2.75, 3.05) is 31.8 Å². The van der Waals surface area contributed by atoms with E-state index in [2.05, 4.69) is 0 Å². The van der Waals surface area contributed by atoms with Crippen LogP contribution < -0.4 is 14.4 Å². The first kappa shape index (κ1) is 21.7. The molecule has 0 atom stereocenters. The molecule has 0 radical (unpaired) electrons. The van der Waals surface area contributed by atoms with Gasteiger partial charge in [-0.25, -0.2) is 4.39 Å². The standard InChI is InChI=1S/C21H21FN2O5/c1-27-16-7-9-17(10-8-16)28-14-11-21(26)29-15-20(25)24(13-4-12-23)19-6-3-2-5-18(19)22/h2-3,5-10H,4,11,13-15H2,1H3. The van der Waals surface area contributed by atoms with E-state index in [-0.39, 0.29) is 31.7 Å². The van der Waals surface area contributed by atoms with Crippen molar-refractivity contribution in [1.82, 2.24) is 0 Å². The van der Waals surface area contributed by atoms with Gasteiger partial charge in [-0.2, -0.15) is 5.26 Å². The van der Waals surface area contributed by atoms with E-state index < -0.39 is 24.3 Å². The summed E-state index contributed by atoms with van der Waals surface area (Å²) < 4.78 is 29.4. The fraction of sp³-hybridized carbons (Fsp3) is 0.286. The lowest BCUT2D eigenvalue weighted by Gasteiger charge is -2.22. The zero-order valence-corrected chi connectivity index (χ0v) is 16.0. The maximum absolute atomic E-state index is 14.0. The molecule has 2 aromatic carbocycles. The zero-order valence-electron chi connectivity index (χ0n) is 16.0. The minimum absolute atomic E-state index is 0.00556. The number of hydrogen-bond acceptors (Lipinski definition) is 6. The molecule has 2 aromatic rings. The van der Waals surface area contributed by atoms with Crippen LogP contribution in [0.25, 0.3) is 0 Å². The number of para-hydroxylation sites is 1. The molecule has 7 nitrogen and oxygen atoms in total. The monoisotopic (exact) mass is 400 g/mol. The van der Waals surface area contributed by atoms with Crippen LogP contribution in [0.3, 0.4) is 0 Å². The van der Waals surface area contributed by atoms with Gasteiger partial charge >= 0.3 is 5.97 Å². The van der Waals surface area contributed by atoms with E-state index in [4.69, 9.17) is 19.5 Å². The molecule has 1 amide bonds. The summed E-state index contributed by atoms with van der Waals surface area (Å²) in [5.41, 5.74) is 0.0339. The number of anilines is 1. The van der Waals surface area contributed by atoms with Crippen LogP contribution in [0.1, 0.15) is 12.8 Å². The van der Waals surface area contributed by atoms with E-state index in [0.717, 1.165) is 4.90 Å². The van der Waals surface area contributed by atoms with Gasteiger partial charge in [0.25, 0.3) is 5.91 Å². The van der Waals surface area contributed by atoms with Crippen molar-refractivity contribution in [1.29, 1.82) is 5.26 Å². The number of esters is 1. The predicted octanol–water partition coefficient (Wildman–Crippen LogP) is 3.09. The lowest BCUT2D eigenvalue weighted by atomic mass is 10.2. The molecule has 0 saturated carbocycles. The summed E-state index contributed by atoms with van der Waals surface area (Å²) >= 11 is 0. The fourth-order valence-electron chi connectivity index (χ4n) is 2.43. The fourth-order valence-corrected chi connectivity index (χ4v) is 2.43. The topological polar surface area (TPSA) is 88.9 Å². The highest BCUT2D eigenvalue weighted by molar-refractivity contribution is 5.95. The molecule has 0 aliphatic heterocycles. The van der Waals surface area contributed by atoms with E-state index in [1.54, 1.807) is 37.4 Å². The van der Waals surface area contributed by atoms with Crippen LogP contribution in [-0.4, -0.2) is 38.7 Å². The lowest BCUT2D eigenvalue weighted by Crippen LogP contribution is -2.36. The van der Waals surface area contributed by atoms with Crippen LogP contribution in [0.2, 0.25) is 0 Å². The highest BCUT2D eigenvalue weighted by Gasteiger charge is 2.20. The van der Waals surface area contributed by atoms with Gasteiger partial charge in [0, 0.05) is 6.54 Å². The Kier molecular flexibility index (Phi) is 8.45. The Morgan fingerprint density at radius 3 is 2.45 bits per heavy atom. The Bertz CT molecular complexity index is 864. The van der Waals surface area contributed by atoms with E-state index in [0.29, 0.717) is 11.5 Å². The molecule has 0 saturated heterocycles. The number of ether oxygens (including phenoxy) is 3. The van der Waals surface area contributed by atoms with Crippen LogP contribution >= 0.6 is 0 Å². The van der Waals surface area contributed by atoms with Gasteiger partial charge in [0.1, 0.15) is 17.3 Å². The highest BCUT2D eigenvalue weighted by atomic mass is 19.1. The molecule has 2 rings (SSSR count). The molecule has 0 aromatic heterocycles. The van der Waals surface area contributed by atoms with Gasteiger partial charge < -0.3 is 19.1 Å². The van der Waals surface area contributed by atoms with E-state index in [1.165, 1.54) is 18.2 Å². The first-order valence-electron chi connectivity index (χ1n) is 8.89. The summed E-state index contributed by atoms with van der Waals surface area (Å²) in [6, 6.07) is 14.5. The summed E-state index contributed by atoms with van der Waals surface area (Å²) in [5.74, 6) is -0.587. The molecule has 0 heterocycles. The molecular formula is C21H21FN2O5. The molecule has 152 valence electrons. The normalized spacial score (nSPS) is 9.97. The predicted molar refractivity (Wildman–Crippen MR) is 103 cm³/mol. The minimum Gasteiger partial charge on any atom is -0.497 e. The third-order valence-electron chi connectivity index (χ3n) is 3.88. The van der Waals surface area contributed by atoms with Crippen LogP contribution in [0.15, 0.2) is 48.5 Å². The first-order valence-corrected chi connectivity index (χ1v) is 8.89. The van der Waals surface area contributed by atoms with Crippen LogP contribution in [-0.2, 0) is 14.3 Å². The Labute approximate surface area is 168 Å². The Hall–Kier alpha value is -3.60. The Balaban J connectivity index is 1.82. The Morgan fingerprint density at radius 2 is 1.79 bits per heavy atom. The van der Waals surface area contributed by atoms with Crippen LogP contribution in [0, 0.1) is 17.1 Å². The second-order valence-corrected chi connectivity index (χ2v) is 5.84. The molecular weight excluding hydrogens is 379 g/mol. The molecule has 0 unspecified atom stereocenters. The lowest BCUT2D eigenvalue weighted by molar-refractivity contribution is -0.148. The second-order valence-electron chi connectivity index (χ2n) is 5.84. The van der Waals surface area contributed by atoms with Gasteiger partial charge in [-0.05, 0) is 36.4 Å². The second kappa shape index (κ2) is 11.3. The van der Waals surface area contributed by atoms with Gasteiger partial charge in [-0.3, -0.25) is 9.59 Å². The summed E-state index contributed by atoms with van der Waals surface area (Å²) in [7, 11) is 1.56. The average Bonchev–Trinajstić information content (AvgIpc) is 2.74. The summed E-state index contributed by atoms with van der Waals surface area (Å²) in [6.45, 7) is -0.486. The SMILES string of the molecule is COc1ccc(OCCC(=O)OCC(=O)N(CCC#N)c2ccccc2F)cc1. The summed E-state index contributed by atoms with van der Waals surface area (Å²) in [5, 5.41) is 8.76. The highest BCUT2D eigenvalue weighted by Crippen LogP contribution is 2.19. The van der Waals surface area contributed by atoms with Crippen molar-refractivity contribution >= 4 is 17.6 Å². The number of benzene rings is 2.